The lowest BCUT2D eigenvalue weighted by atomic mass is 10.1. The lowest BCUT2D eigenvalue weighted by Gasteiger charge is -2.24. The first kappa shape index (κ1) is 13.9. The quantitative estimate of drug-likeness (QED) is 0.762. The van der Waals surface area contributed by atoms with Crippen LogP contribution < -0.4 is 16.4 Å². The largest absolute Gasteiger partial charge is 0.351 e. The molecule has 0 aromatic heterocycles. The third kappa shape index (κ3) is 3.16. The lowest BCUT2D eigenvalue weighted by Crippen LogP contribution is -2.39. The van der Waals surface area contributed by atoms with E-state index in [2.05, 4.69) is 10.6 Å². The number of nitrogens with two attached hydrogens (primary N) is 1. The Kier molecular flexibility index (Phi) is 3.79. The molecule has 3 amide bonds. The summed E-state index contributed by atoms with van der Waals surface area (Å²) in [4.78, 5) is 25.2. The van der Waals surface area contributed by atoms with Gasteiger partial charge in [-0.15, -0.1) is 0 Å². The summed E-state index contributed by atoms with van der Waals surface area (Å²) in [5.74, 6) is 0.0509. The van der Waals surface area contributed by atoms with Crippen molar-refractivity contribution in [2.75, 3.05) is 18.4 Å². The SMILES string of the molecule is NC(=O)Nc1ccc(C(=O)N2CCC3CCC(C2)N3)cc1. The molecule has 3 rings (SSSR count). The van der Waals surface area contributed by atoms with Crippen LogP contribution in [0.4, 0.5) is 10.5 Å². The number of amides is 3. The van der Waals surface area contributed by atoms with Crippen LogP contribution in [0.5, 0.6) is 0 Å². The van der Waals surface area contributed by atoms with Crippen LogP contribution in [0.15, 0.2) is 24.3 Å². The molecule has 2 saturated heterocycles. The molecule has 2 fully saturated rings. The Labute approximate surface area is 123 Å². The molecule has 0 saturated carbocycles. The minimum absolute atomic E-state index is 0.0509. The van der Waals surface area contributed by atoms with E-state index in [1.54, 1.807) is 24.3 Å². The van der Waals surface area contributed by atoms with Gasteiger partial charge < -0.3 is 21.3 Å². The van der Waals surface area contributed by atoms with Gasteiger partial charge in [-0.1, -0.05) is 0 Å². The predicted molar refractivity (Wildman–Crippen MR) is 80.1 cm³/mol. The molecule has 2 aliphatic rings. The van der Waals surface area contributed by atoms with Gasteiger partial charge >= 0.3 is 6.03 Å². The molecule has 2 unspecified atom stereocenters. The summed E-state index contributed by atoms with van der Waals surface area (Å²) in [7, 11) is 0. The van der Waals surface area contributed by atoms with Gasteiger partial charge in [0, 0.05) is 36.4 Å². The van der Waals surface area contributed by atoms with Crippen molar-refractivity contribution in [3.63, 3.8) is 0 Å². The number of urea groups is 1. The van der Waals surface area contributed by atoms with Crippen LogP contribution in [-0.2, 0) is 0 Å². The molecule has 4 N–H and O–H groups in total. The molecule has 0 radical (unpaired) electrons. The maximum Gasteiger partial charge on any atom is 0.316 e. The second kappa shape index (κ2) is 5.73. The zero-order chi connectivity index (χ0) is 14.8. The summed E-state index contributed by atoms with van der Waals surface area (Å²) in [6.45, 7) is 1.57. The second-order valence-corrected chi connectivity index (χ2v) is 5.74. The first-order chi connectivity index (χ1) is 10.1. The molecule has 112 valence electrons. The van der Waals surface area contributed by atoms with E-state index < -0.39 is 6.03 Å². The fraction of sp³-hybridized carbons (Fsp3) is 0.467. The minimum atomic E-state index is -0.608. The number of anilines is 1. The number of rotatable bonds is 2. The molecule has 1 aromatic carbocycles. The van der Waals surface area contributed by atoms with Crippen LogP contribution in [0.3, 0.4) is 0 Å². The molecule has 2 bridgehead atoms. The Bertz CT molecular complexity index is 543. The Balaban J connectivity index is 1.68. The van der Waals surface area contributed by atoms with Crippen molar-refractivity contribution >= 4 is 17.6 Å². The molecular weight excluding hydrogens is 268 g/mol. The third-order valence-electron chi connectivity index (χ3n) is 4.21. The van der Waals surface area contributed by atoms with Crippen LogP contribution in [0.2, 0.25) is 0 Å². The van der Waals surface area contributed by atoms with E-state index >= 15 is 0 Å². The van der Waals surface area contributed by atoms with Gasteiger partial charge in [-0.05, 0) is 43.5 Å². The molecule has 2 atom stereocenters. The number of carbonyl (C=O) groups is 2. The number of hydrogen-bond acceptors (Lipinski definition) is 3. The number of hydrogen-bond donors (Lipinski definition) is 3. The molecule has 1 aromatic rings. The van der Waals surface area contributed by atoms with Crippen molar-refractivity contribution in [3.05, 3.63) is 29.8 Å². The van der Waals surface area contributed by atoms with Crippen molar-refractivity contribution in [3.8, 4) is 0 Å². The van der Waals surface area contributed by atoms with Gasteiger partial charge in [-0.2, -0.15) is 0 Å². The van der Waals surface area contributed by atoms with Gasteiger partial charge in [0.2, 0.25) is 0 Å². The first-order valence-electron chi connectivity index (χ1n) is 7.33. The normalized spacial score (nSPS) is 24.5. The van der Waals surface area contributed by atoms with E-state index in [0.717, 1.165) is 25.9 Å². The van der Waals surface area contributed by atoms with Gasteiger partial charge in [-0.25, -0.2) is 4.79 Å². The van der Waals surface area contributed by atoms with Crippen LogP contribution >= 0.6 is 0 Å². The van der Waals surface area contributed by atoms with Crippen molar-refractivity contribution in [1.82, 2.24) is 10.2 Å². The monoisotopic (exact) mass is 288 g/mol. The highest BCUT2D eigenvalue weighted by Crippen LogP contribution is 2.22. The number of carbonyl (C=O) groups excluding carboxylic acids is 2. The standard InChI is InChI=1S/C15H20N4O2/c16-15(21)18-11-3-1-10(2-4-11)14(20)19-8-7-12-5-6-13(9-19)17-12/h1-4,12-13,17H,5-9H2,(H3,16,18,21). The van der Waals surface area contributed by atoms with Gasteiger partial charge in [0.25, 0.3) is 5.91 Å². The smallest absolute Gasteiger partial charge is 0.316 e. The van der Waals surface area contributed by atoms with Crippen LogP contribution in [0.25, 0.3) is 0 Å². The first-order valence-corrected chi connectivity index (χ1v) is 7.33. The summed E-state index contributed by atoms with van der Waals surface area (Å²) in [5.41, 5.74) is 6.29. The number of nitrogens with one attached hydrogen (secondary N) is 2. The van der Waals surface area contributed by atoms with Crippen molar-refractivity contribution in [2.24, 2.45) is 5.73 Å². The number of fused-ring (bicyclic) bond motifs is 2. The summed E-state index contributed by atoms with van der Waals surface area (Å²) in [6.07, 6.45) is 3.39. The molecule has 6 heteroatoms. The summed E-state index contributed by atoms with van der Waals surface area (Å²) < 4.78 is 0. The third-order valence-corrected chi connectivity index (χ3v) is 4.21. The molecule has 0 spiro atoms. The Morgan fingerprint density at radius 3 is 2.57 bits per heavy atom. The summed E-state index contributed by atoms with van der Waals surface area (Å²) in [6, 6.07) is 7.23. The van der Waals surface area contributed by atoms with E-state index in [0.29, 0.717) is 23.3 Å². The maximum absolute atomic E-state index is 12.5. The fourth-order valence-corrected chi connectivity index (χ4v) is 3.15. The fourth-order valence-electron chi connectivity index (χ4n) is 3.15. The predicted octanol–water partition coefficient (Wildman–Crippen LogP) is 1.14. The van der Waals surface area contributed by atoms with Crippen molar-refractivity contribution < 1.29 is 9.59 Å². The molecule has 2 heterocycles. The van der Waals surface area contributed by atoms with E-state index in [9.17, 15) is 9.59 Å². The van der Waals surface area contributed by atoms with E-state index in [-0.39, 0.29) is 5.91 Å². The number of likely N-dealkylation sites (tertiary alicyclic amines) is 1. The summed E-state index contributed by atoms with van der Waals surface area (Å²) >= 11 is 0. The average Bonchev–Trinajstić information content (AvgIpc) is 2.78. The maximum atomic E-state index is 12.5. The van der Waals surface area contributed by atoms with Gasteiger partial charge in [0.15, 0.2) is 0 Å². The summed E-state index contributed by atoms with van der Waals surface area (Å²) in [5, 5.41) is 6.05. The average molecular weight is 288 g/mol. The topological polar surface area (TPSA) is 87.5 Å². The molecule has 2 aliphatic heterocycles. The van der Waals surface area contributed by atoms with Gasteiger partial charge in [0.1, 0.15) is 0 Å². The molecule has 0 aliphatic carbocycles. The highest BCUT2D eigenvalue weighted by Gasteiger charge is 2.31. The molecular formula is C15H20N4O2. The lowest BCUT2D eigenvalue weighted by molar-refractivity contribution is 0.0748. The van der Waals surface area contributed by atoms with Crippen molar-refractivity contribution in [2.45, 2.75) is 31.3 Å². The number of benzene rings is 1. The van der Waals surface area contributed by atoms with E-state index in [1.165, 1.54) is 6.42 Å². The minimum Gasteiger partial charge on any atom is -0.351 e. The zero-order valence-electron chi connectivity index (χ0n) is 11.8. The number of nitrogens with zero attached hydrogens (tertiary/aromatic N) is 1. The zero-order valence-corrected chi connectivity index (χ0v) is 11.8. The van der Waals surface area contributed by atoms with Crippen LogP contribution in [0, 0.1) is 0 Å². The second-order valence-electron chi connectivity index (χ2n) is 5.74. The Morgan fingerprint density at radius 2 is 1.86 bits per heavy atom. The highest BCUT2D eigenvalue weighted by molar-refractivity contribution is 5.95. The molecule has 21 heavy (non-hydrogen) atoms. The van der Waals surface area contributed by atoms with Crippen LogP contribution in [0.1, 0.15) is 29.6 Å². The Morgan fingerprint density at radius 1 is 1.14 bits per heavy atom. The highest BCUT2D eigenvalue weighted by atomic mass is 16.2. The Hall–Kier alpha value is -2.08. The number of primary amides is 1. The van der Waals surface area contributed by atoms with Gasteiger partial charge in [0.05, 0.1) is 0 Å². The molecule has 6 nitrogen and oxygen atoms in total. The van der Waals surface area contributed by atoms with E-state index in [4.69, 9.17) is 5.73 Å². The van der Waals surface area contributed by atoms with Crippen LogP contribution in [-0.4, -0.2) is 42.0 Å². The van der Waals surface area contributed by atoms with Crippen molar-refractivity contribution in [1.29, 1.82) is 0 Å². The van der Waals surface area contributed by atoms with Gasteiger partial charge in [-0.3, -0.25) is 4.79 Å². The van der Waals surface area contributed by atoms with E-state index in [1.807, 2.05) is 4.90 Å².